The lowest BCUT2D eigenvalue weighted by Gasteiger charge is -2.24. The zero-order valence-corrected chi connectivity index (χ0v) is 14.2. The van der Waals surface area contributed by atoms with Crippen molar-refractivity contribution in [2.45, 2.75) is 12.8 Å². The highest BCUT2D eigenvalue weighted by Crippen LogP contribution is 2.40. The number of fused-ring (bicyclic) bond motifs is 1. The number of para-hydroxylation sites is 1. The molecular formula is C17H14BrNOS. The van der Waals surface area contributed by atoms with Crippen molar-refractivity contribution in [3.8, 4) is 0 Å². The van der Waals surface area contributed by atoms with Gasteiger partial charge in [-0.2, -0.15) is 0 Å². The van der Waals surface area contributed by atoms with Gasteiger partial charge in [0.15, 0.2) is 5.78 Å². The van der Waals surface area contributed by atoms with E-state index in [0.717, 1.165) is 26.3 Å². The van der Waals surface area contributed by atoms with Crippen LogP contribution in [0.1, 0.15) is 27.4 Å². The largest absolute Gasteiger partial charge is 0.293 e. The van der Waals surface area contributed by atoms with Gasteiger partial charge >= 0.3 is 0 Å². The third kappa shape index (κ3) is 2.47. The highest BCUT2D eigenvalue weighted by molar-refractivity contribution is 9.10. The summed E-state index contributed by atoms with van der Waals surface area (Å²) in [6.45, 7) is 1.99. The van der Waals surface area contributed by atoms with Gasteiger partial charge < -0.3 is 0 Å². The second-order valence-corrected chi connectivity index (χ2v) is 6.62. The van der Waals surface area contributed by atoms with E-state index in [2.05, 4.69) is 15.9 Å². The van der Waals surface area contributed by atoms with Crippen LogP contribution in [-0.2, 0) is 0 Å². The maximum atomic E-state index is 13.0. The number of benzene rings is 2. The number of hydrogen-bond donors (Lipinski definition) is 0. The molecule has 0 radical (unpaired) electrons. The molecule has 0 fully saturated rings. The van der Waals surface area contributed by atoms with Crippen molar-refractivity contribution >= 4 is 44.2 Å². The van der Waals surface area contributed by atoms with Gasteiger partial charge in [-0.1, -0.05) is 46.3 Å². The molecule has 2 nitrogen and oxygen atoms in total. The molecule has 4 heteroatoms. The fourth-order valence-corrected chi connectivity index (χ4v) is 3.76. The number of hydrogen-bond acceptors (Lipinski definition) is 3. The van der Waals surface area contributed by atoms with E-state index in [9.17, 15) is 4.79 Å². The van der Waals surface area contributed by atoms with Gasteiger partial charge in [-0.3, -0.25) is 4.79 Å². The Kier molecular flexibility index (Phi) is 4.00. The number of thioether (sulfide) groups is 1. The number of halogens is 1. The van der Waals surface area contributed by atoms with Crippen LogP contribution in [0.2, 0.25) is 0 Å². The second kappa shape index (κ2) is 5.78. The van der Waals surface area contributed by atoms with Crippen LogP contribution in [0, 0.1) is 6.92 Å². The molecule has 1 unspecified atom stereocenters. The molecular weight excluding hydrogens is 346 g/mol. The van der Waals surface area contributed by atoms with E-state index in [1.165, 1.54) is 0 Å². The molecule has 0 amide bonds. The molecule has 0 saturated heterocycles. The molecule has 106 valence electrons. The van der Waals surface area contributed by atoms with E-state index >= 15 is 0 Å². The number of ketones is 1. The van der Waals surface area contributed by atoms with E-state index in [0.29, 0.717) is 5.56 Å². The molecule has 1 aliphatic heterocycles. The van der Waals surface area contributed by atoms with Crippen molar-refractivity contribution < 1.29 is 4.79 Å². The van der Waals surface area contributed by atoms with Crippen LogP contribution < -0.4 is 0 Å². The summed E-state index contributed by atoms with van der Waals surface area (Å²) < 4.78 is 0.946. The van der Waals surface area contributed by atoms with Crippen LogP contribution in [0.25, 0.3) is 0 Å². The SMILES string of the molecule is CSC1=Nc2c(C)cccc2C(=O)C1c1ccccc1Br. The molecule has 3 rings (SSSR count). The van der Waals surface area contributed by atoms with Gasteiger partial charge in [-0.15, -0.1) is 11.8 Å². The Morgan fingerprint density at radius 1 is 1.14 bits per heavy atom. The summed E-state index contributed by atoms with van der Waals surface area (Å²) in [6.07, 6.45) is 1.97. The summed E-state index contributed by atoms with van der Waals surface area (Å²) in [4.78, 5) is 17.7. The topological polar surface area (TPSA) is 29.4 Å². The van der Waals surface area contributed by atoms with Crippen LogP contribution in [0.4, 0.5) is 5.69 Å². The second-order valence-electron chi connectivity index (χ2n) is 4.94. The fraction of sp³-hybridized carbons (Fsp3) is 0.176. The predicted octanol–water partition coefficient (Wildman–Crippen LogP) is 5.13. The van der Waals surface area contributed by atoms with E-state index < -0.39 is 0 Å². The number of nitrogens with zero attached hydrogens (tertiary/aromatic N) is 1. The van der Waals surface area contributed by atoms with Gasteiger partial charge in [0.2, 0.25) is 0 Å². The Bertz CT molecular complexity index is 754. The number of carbonyl (C=O) groups is 1. The van der Waals surface area contributed by atoms with Crippen molar-refractivity contribution in [3.05, 3.63) is 63.6 Å². The molecule has 1 heterocycles. The third-order valence-electron chi connectivity index (χ3n) is 3.66. The number of carbonyl (C=O) groups excluding carboxylic acids is 1. The summed E-state index contributed by atoms with van der Waals surface area (Å²) in [5.74, 6) is -0.190. The zero-order valence-electron chi connectivity index (χ0n) is 11.8. The minimum absolute atomic E-state index is 0.125. The van der Waals surface area contributed by atoms with Crippen LogP contribution in [0.5, 0.6) is 0 Å². The first-order chi connectivity index (χ1) is 10.1. The third-order valence-corrected chi connectivity index (χ3v) is 5.13. The van der Waals surface area contributed by atoms with Crippen molar-refractivity contribution in [2.75, 3.05) is 6.26 Å². The smallest absolute Gasteiger partial charge is 0.179 e. The van der Waals surface area contributed by atoms with Gasteiger partial charge in [0.25, 0.3) is 0 Å². The lowest BCUT2D eigenvalue weighted by atomic mass is 9.87. The average Bonchev–Trinajstić information content (AvgIpc) is 2.49. The predicted molar refractivity (Wildman–Crippen MR) is 93.0 cm³/mol. The summed E-state index contributed by atoms with van der Waals surface area (Å²) in [6, 6.07) is 13.6. The van der Waals surface area contributed by atoms with Crippen LogP contribution >= 0.6 is 27.7 Å². The Morgan fingerprint density at radius 3 is 2.62 bits per heavy atom. The minimum Gasteiger partial charge on any atom is -0.293 e. The molecule has 0 N–H and O–H groups in total. The molecule has 0 saturated carbocycles. The van der Waals surface area contributed by atoms with Gasteiger partial charge in [0.05, 0.1) is 16.6 Å². The van der Waals surface area contributed by atoms with Crippen molar-refractivity contribution in [1.29, 1.82) is 0 Å². The first kappa shape index (κ1) is 14.5. The van der Waals surface area contributed by atoms with Crippen LogP contribution in [-0.4, -0.2) is 17.1 Å². The Morgan fingerprint density at radius 2 is 1.90 bits per heavy atom. The number of Topliss-reactive ketones (excluding diaryl/α,β-unsaturated/α-hetero) is 1. The minimum atomic E-state index is -0.315. The maximum absolute atomic E-state index is 13.0. The first-order valence-corrected chi connectivity index (χ1v) is 8.66. The van der Waals surface area contributed by atoms with Crippen molar-refractivity contribution in [3.63, 3.8) is 0 Å². The molecule has 0 bridgehead atoms. The lowest BCUT2D eigenvalue weighted by Crippen LogP contribution is -2.24. The standard InChI is InChI=1S/C17H14BrNOS/c1-10-6-5-8-12-15(10)19-17(21-2)14(16(12)20)11-7-3-4-9-13(11)18/h3-9,14H,1-2H3. The molecule has 0 aromatic heterocycles. The van der Waals surface area contributed by atoms with Crippen molar-refractivity contribution in [2.24, 2.45) is 4.99 Å². The molecule has 1 aliphatic rings. The summed E-state index contributed by atoms with van der Waals surface area (Å²) in [5, 5.41) is 0.855. The molecule has 0 aliphatic carbocycles. The highest BCUT2D eigenvalue weighted by atomic mass is 79.9. The highest BCUT2D eigenvalue weighted by Gasteiger charge is 2.33. The van der Waals surface area contributed by atoms with Crippen molar-refractivity contribution in [1.82, 2.24) is 0 Å². The fourth-order valence-electron chi connectivity index (χ4n) is 2.60. The van der Waals surface area contributed by atoms with E-state index in [1.807, 2.05) is 55.6 Å². The number of aliphatic imine (C=N–C) groups is 1. The van der Waals surface area contributed by atoms with E-state index in [4.69, 9.17) is 4.99 Å². The van der Waals surface area contributed by atoms with Gasteiger partial charge in [0.1, 0.15) is 0 Å². The summed E-state index contributed by atoms with van der Waals surface area (Å²) in [7, 11) is 0. The van der Waals surface area contributed by atoms with Gasteiger partial charge in [0, 0.05) is 10.0 Å². The average molecular weight is 360 g/mol. The quantitative estimate of drug-likeness (QED) is 0.706. The Labute approximate surface area is 136 Å². The molecule has 2 aromatic rings. The maximum Gasteiger partial charge on any atom is 0.179 e. The lowest BCUT2D eigenvalue weighted by molar-refractivity contribution is 0.0982. The van der Waals surface area contributed by atoms with E-state index in [-0.39, 0.29) is 11.7 Å². The van der Waals surface area contributed by atoms with Gasteiger partial charge in [-0.05, 0) is 36.4 Å². The summed E-state index contributed by atoms with van der Waals surface area (Å²) >= 11 is 5.10. The Hall–Kier alpha value is -1.39. The monoisotopic (exact) mass is 359 g/mol. The summed E-state index contributed by atoms with van der Waals surface area (Å²) in [5.41, 5.74) is 3.55. The van der Waals surface area contributed by atoms with Crippen LogP contribution in [0.15, 0.2) is 51.9 Å². The Balaban J connectivity index is 2.21. The zero-order chi connectivity index (χ0) is 15.0. The van der Waals surface area contributed by atoms with Crippen LogP contribution in [0.3, 0.4) is 0 Å². The molecule has 21 heavy (non-hydrogen) atoms. The molecule has 1 atom stereocenters. The number of rotatable bonds is 1. The van der Waals surface area contributed by atoms with E-state index in [1.54, 1.807) is 11.8 Å². The molecule has 0 spiro atoms. The number of aryl methyl sites for hydroxylation is 1. The molecule has 2 aromatic carbocycles. The first-order valence-electron chi connectivity index (χ1n) is 6.64. The van der Waals surface area contributed by atoms with Gasteiger partial charge in [-0.25, -0.2) is 4.99 Å². The normalized spacial score (nSPS) is 17.4.